The summed E-state index contributed by atoms with van der Waals surface area (Å²) in [7, 11) is -2.45. The van der Waals surface area contributed by atoms with E-state index in [1.54, 1.807) is 16.7 Å². The van der Waals surface area contributed by atoms with Gasteiger partial charge in [0.15, 0.2) is 6.10 Å². The molecule has 0 saturated carbocycles. The van der Waals surface area contributed by atoms with Gasteiger partial charge in [-0.1, -0.05) is 121 Å². The lowest BCUT2D eigenvalue weighted by Gasteiger charge is -2.50. The number of rotatable bonds is 12. The van der Waals surface area contributed by atoms with Crippen LogP contribution < -0.4 is 38.2 Å². The molecular weight excluding hydrogens is 808 g/mol. The minimum atomic E-state index is -2.45. The number of benzene rings is 5. The van der Waals surface area contributed by atoms with Gasteiger partial charge in [-0.3, -0.25) is 14.5 Å². The quantitative estimate of drug-likeness (QED) is 0.113. The van der Waals surface area contributed by atoms with Crippen molar-refractivity contribution < 1.29 is 36.1 Å². The lowest BCUT2D eigenvalue weighted by molar-refractivity contribution is -0.154. The average Bonchev–Trinajstić information content (AvgIpc) is 3.75. The highest BCUT2D eigenvalue weighted by atomic mass is 79.9. The Balaban J connectivity index is 0.00000465. The number of amides is 2. The number of hydrogen-bond donors (Lipinski definition) is 1. The van der Waals surface area contributed by atoms with E-state index >= 15 is 0 Å². The lowest BCUT2D eigenvalue weighted by Crippen LogP contribution is -3.00. The summed E-state index contributed by atoms with van der Waals surface area (Å²) in [6.07, 6.45) is 0.0229. The Kier molecular flexibility index (Phi) is 12.1. The van der Waals surface area contributed by atoms with Crippen molar-refractivity contribution >= 4 is 64.1 Å². The van der Waals surface area contributed by atoms with Gasteiger partial charge in [0.05, 0.1) is 12.6 Å². The van der Waals surface area contributed by atoms with Crippen LogP contribution in [0.2, 0.25) is 0 Å². The Morgan fingerprint density at radius 3 is 1.67 bits per heavy atom. The predicted molar refractivity (Wildman–Crippen MR) is 221 cm³/mol. The van der Waals surface area contributed by atoms with Gasteiger partial charge < -0.3 is 27.0 Å². The second kappa shape index (κ2) is 17.3. The van der Waals surface area contributed by atoms with Gasteiger partial charge in [0.2, 0.25) is 5.91 Å². The second-order valence-electron chi connectivity index (χ2n) is 13.2. The predicted octanol–water partition coefficient (Wildman–Crippen LogP) is 4.28. The van der Waals surface area contributed by atoms with E-state index in [0.717, 1.165) is 21.6 Å². The summed E-state index contributed by atoms with van der Waals surface area (Å²) in [5.41, 5.74) is 2.78. The molecule has 2 aliphatic heterocycles. The third kappa shape index (κ3) is 7.85. The molecule has 3 heterocycles. The molecule has 2 atom stereocenters. The molecule has 1 saturated heterocycles. The van der Waals surface area contributed by atoms with E-state index in [-0.39, 0.29) is 40.9 Å². The maximum absolute atomic E-state index is 15.0. The average molecular weight is 846 g/mol. The first-order chi connectivity index (χ1) is 26.5. The molecule has 8 rings (SSSR count). The number of nitrogens with zero attached hydrogens (tertiary/aromatic N) is 1. The number of carbonyl (C=O) groups is 3. The molecular formula is C45H38BrN2O4PS2. The number of esters is 1. The number of halogens is 1. The van der Waals surface area contributed by atoms with Gasteiger partial charge in [-0.15, -0.1) is 23.1 Å². The van der Waals surface area contributed by atoms with Gasteiger partial charge in [-0.05, 0) is 59.0 Å². The minimum Gasteiger partial charge on any atom is -1.00 e. The van der Waals surface area contributed by atoms with Gasteiger partial charge in [-0.2, -0.15) is 0 Å². The van der Waals surface area contributed by atoms with Gasteiger partial charge >= 0.3 is 5.97 Å². The van der Waals surface area contributed by atoms with Gasteiger partial charge in [-0.25, -0.2) is 4.79 Å². The molecule has 0 spiro atoms. The zero-order chi connectivity index (χ0) is 36.9. The number of thioether (sulfide) groups is 1. The third-order valence-electron chi connectivity index (χ3n) is 9.92. The fourth-order valence-corrected chi connectivity index (χ4v) is 13.9. The largest absolute Gasteiger partial charge is 1.00 e. The van der Waals surface area contributed by atoms with E-state index in [1.807, 2.05) is 96.4 Å². The summed E-state index contributed by atoms with van der Waals surface area (Å²) in [5.74, 6) is -0.594. The molecule has 0 unspecified atom stereocenters. The van der Waals surface area contributed by atoms with Crippen LogP contribution in [0.1, 0.15) is 22.1 Å². The fraction of sp³-hybridized carbons (Fsp3) is 0.133. The zero-order valence-corrected chi connectivity index (χ0v) is 33.9. The van der Waals surface area contributed by atoms with Crippen molar-refractivity contribution in [2.24, 2.45) is 0 Å². The summed E-state index contributed by atoms with van der Waals surface area (Å²) >= 11 is 3.09. The van der Waals surface area contributed by atoms with Gasteiger partial charge in [0.1, 0.15) is 40.3 Å². The van der Waals surface area contributed by atoms with E-state index in [9.17, 15) is 14.4 Å². The molecule has 0 bridgehead atoms. The highest BCUT2D eigenvalue weighted by Crippen LogP contribution is 2.58. The Labute approximate surface area is 340 Å². The summed E-state index contributed by atoms with van der Waals surface area (Å²) in [6, 6.07) is 54.0. The number of thiophene rings is 1. The molecule has 6 nitrogen and oxygen atoms in total. The van der Waals surface area contributed by atoms with Gasteiger partial charge in [0, 0.05) is 16.2 Å². The van der Waals surface area contributed by atoms with E-state index < -0.39 is 30.8 Å². The second-order valence-corrected chi connectivity index (χ2v) is 18.9. The highest BCUT2D eigenvalue weighted by molar-refractivity contribution is 8.00. The molecule has 1 fully saturated rings. The summed E-state index contributed by atoms with van der Waals surface area (Å²) in [5, 5.41) is 8.00. The van der Waals surface area contributed by atoms with Crippen molar-refractivity contribution in [2.45, 2.75) is 23.9 Å². The Morgan fingerprint density at radius 2 is 1.20 bits per heavy atom. The Morgan fingerprint density at radius 1 is 0.709 bits per heavy atom. The number of ether oxygens (including phenoxy) is 1. The van der Waals surface area contributed by atoms with Crippen LogP contribution in [0.15, 0.2) is 180 Å². The van der Waals surface area contributed by atoms with Crippen molar-refractivity contribution in [1.82, 2.24) is 10.2 Å². The molecule has 1 aromatic heterocycles. The summed E-state index contributed by atoms with van der Waals surface area (Å²) in [4.78, 5) is 44.9. The van der Waals surface area contributed by atoms with Crippen molar-refractivity contribution in [3.63, 3.8) is 0 Å². The molecule has 2 amide bonds. The van der Waals surface area contributed by atoms with E-state index in [0.29, 0.717) is 11.9 Å². The normalized spacial score (nSPS) is 16.5. The van der Waals surface area contributed by atoms with Crippen LogP contribution in [0.25, 0.3) is 0 Å². The molecule has 2 aliphatic rings. The van der Waals surface area contributed by atoms with Crippen LogP contribution in [-0.4, -0.2) is 46.0 Å². The minimum absolute atomic E-state index is 0. The zero-order valence-electron chi connectivity index (χ0n) is 29.7. The molecule has 10 heteroatoms. The first-order valence-electron chi connectivity index (χ1n) is 17.9. The maximum atomic E-state index is 15.0. The molecule has 5 aromatic carbocycles. The molecule has 1 N–H and O–H groups in total. The van der Waals surface area contributed by atoms with Crippen molar-refractivity contribution in [1.29, 1.82) is 0 Å². The maximum Gasteiger partial charge on any atom is 0.356 e. The summed E-state index contributed by atoms with van der Waals surface area (Å²) in [6.45, 7) is 0. The number of carbonyl (C=O) groups excluding carboxylic acids is 3. The number of fused-ring (bicyclic) bond motifs is 1. The van der Waals surface area contributed by atoms with E-state index in [1.165, 1.54) is 27.3 Å². The summed E-state index contributed by atoms with van der Waals surface area (Å²) < 4.78 is 6.54. The number of hydrogen-bond acceptors (Lipinski definition) is 6. The topological polar surface area (TPSA) is 75.7 Å². The van der Waals surface area contributed by atoms with Crippen LogP contribution in [0.5, 0.6) is 0 Å². The third-order valence-corrected chi connectivity index (χ3v) is 16.5. The Bertz CT molecular complexity index is 2130. The Hall–Kier alpha value is -4.79. The van der Waals surface area contributed by atoms with Crippen LogP contribution in [0, 0.1) is 0 Å². The fourth-order valence-electron chi connectivity index (χ4n) is 7.39. The van der Waals surface area contributed by atoms with E-state index in [4.69, 9.17) is 4.74 Å². The first-order valence-corrected chi connectivity index (χ1v) is 21.8. The molecule has 0 aliphatic carbocycles. The van der Waals surface area contributed by atoms with Crippen LogP contribution >= 0.6 is 30.4 Å². The van der Waals surface area contributed by atoms with Crippen molar-refractivity contribution in [2.75, 3.05) is 11.9 Å². The first kappa shape index (κ1) is 38.5. The standard InChI is InChI=1S/C45H37N2O4PS2.BrH/c48-39(29-38-27-16-28-53-38)46-40-43(49)47-41(45(50)51-42(32-17-6-1-7-18-32)33-19-8-2-9-20-33)34(31-54-44(40)47)30-52(35-21-10-3-11-22-35,36-23-12-4-13-24-36)37-25-14-5-15-26-37;/h1-28,40,42,44H,29-31H2;1H/t40-,44+;/m1./s1. The number of nitrogens with one attached hydrogen (secondary N) is 1. The van der Waals surface area contributed by atoms with E-state index in [2.05, 4.69) is 78.1 Å². The van der Waals surface area contributed by atoms with Crippen LogP contribution in [0.3, 0.4) is 0 Å². The monoisotopic (exact) mass is 844 g/mol. The highest BCUT2D eigenvalue weighted by Gasteiger charge is 2.57. The SMILES string of the molecule is O=C(Cc1cccs1)N[C@@H]1C(=O)N2C(C(=O)OC(c3ccccc3)c3ccccc3)=C(C[P+](c3ccccc3)(c3ccccc3)c3ccccc3)CS[C@@H]12.[Br-]. The van der Waals surface area contributed by atoms with Crippen molar-refractivity contribution in [3.05, 3.63) is 196 Å². The molecule has 55 heavy (non-hydrogen) atoms. The molecule has 6 aromatic rings. The molecule has 0 radical (unpaired) electrons. The van der Waals surface area contributed by atoms with Crippen LogP contribution in [-0.2, 0) is 25.5 Å². The van der Waals surface area contributed by atoms with Gasteiger partial charge in [0.25, 0.3) is 5.91 Å². The number of β-lactam (4-membered cyclic amide) rings is 1. The van der Waals surface area contributed by atoms with Crippen LogP contribution in [0.4, 0.5) is 0 Å². The smallest absolute Gasteiger partial charge is 0.356 e. The lowest BCUT2D eigenvalue weighted by atomic mass is 10.0. The van der Waals surface area contributed by atoms with Crippen molar-refractivity contribution in [3.8, 4) is 0 Å². The molecule has 276 valence electrons.